The first-order chi connectivity index (χ1) is 24.3. The van der Waals surface area contributed by atoms with Crippen LogP contribution in [0.5, 0.6) is 0 Å². The summed E-state index contributed by atoms with van der Waals surface area (Å²) in [6.45, 7) is 3.92. The zero-order chi connectivity index (χ0) is 36.5. The van der Waals surface area contributed by atoms with E-state index in [9.17, 15) is 41.2 Å². The highest BCUT2D eigenvalue weighted by Gasteiger charge is 2.62. The second-order valence-electron chi connectivity index (χ2n) is 14.0. The van der Waals surface area contributed by atoms with Gasteiger partial charge in [-0.3, -0.25) is 24.0 Å². The van der Waals surface area contributed by atoms with Crippen LogP contribution in [0.2, 0.25) is 0 Å². The second kappa shape index (κ2) is 14.8. The molecule has 0 radical (unpaired) electrons. The van der Waals surface area contributed by atoms with Gasteiger partial charge in [-0.05, 0) is 55.2 Å². The lowest BCUT2D eigenvalue weighted by molar-refractivity contribution is -0.141. The molecule has 5 atom stereocenters. The molecule has 0 aromatic heterocycles. The van der Waals surface area contributed by atoms with Crippen LogP contribution in [0.15, 0.2) is 30.9 Å². The molecule has 2 saturated carbocycles. The van der Waals surface area contributed by atoms with Crippen LogP contribution >= 0.6 is 0 Å². The van der Waals surface area contributed by atoms with Crippen LogP contribution in [0.25, 0.3) is 0 Å². The Hall–Kier alpha value is -4.28. The monoisotopic (exact) mass is 735 g/mol. The average Bonchev–Trinajstić information content (AvgIpc) is 3.97. The van der Waals surface area contributed by atoms with Gasteiger partial charge in [-0.2, -0.15) is 0 Å². The molecule has 0 spiro atoms. The number of rotatable bonds is 8. The summed E-state index contributed by atoms with van der Waals surface area (Å²) in [5, 5.41) is 4.10. The molecular formula is C34H43F2N5O9S. The summed E-state index contributed by atoms with van der Waals surface area (Å²) in [5.41, 5.74) is 1.45. The molecule has 5 amide bonds. The maximum atomic E-state index is 14.0. The molecular weight excluding hydrogens is 692 g/mol. The van der Waals surface area contributed by atoms with Gasteiger partial charge >= 0.3 is 12.2 Å². The molecule has 5 aliphatic rings. The van der Waals surface area contributed by atoms with Crippen molar-refractivity contribution in [2.75, 3.05) is 13.2 Å². The third kappa shape index (κ3) is 8.12. The fourth-order valence-corrected chi connectivity index (χ4v) is 8.55. The van der Waals surface area contributed by atoms with Crippen molar-refractivity contribution in [3.8, 4) is 0 Å². The fraction of sp³-hybridized carbons (Fsp3) is 0.618. The summed E-state index contributed by atoms with van der Waals surface area (Å²) >= 11 is 0. The highest BCUT2D eigenvalue weighted by Crippen LogP contribution is 2.45. The average molecular weight is 736 g/mol. The third-order valence-corrected chi connectivity index (χ3v) is 12.1. The minimum Gasteiger partial charge on any atom is -0.450 e. The summed E-state index contributed by atoms with van der Waals surface area (Å²) in [6.07, 6.45) is -1.17. The molecule has 14 nitrogen and oxygen atoms in total. The molecule has 1 aromatic rings. The van der Waals surface area contributed by atoms with Crippen LogP contribution in [-0.4, -0.2) is 96.7 Å². The van der Waals surface area contributed by atoms with E-state index in [0.29, 0.717) is 32.4 Å². The molecule has 1 aromatic carbocycles. The Balaban J connectivity index is 1.25. The van der Waals surface area contributed by atoms with Crippen LogP contribution in [0.1, 0.15) is 74.5 Å². The number of hydrogen-bond donors (Lipinski definition) is 3. The zero-order valence-electron chi connectivity index (χ0n) is 28.1. The van der Waals surface area contributed by atoms with Gasteiger partial charge in [0.05, 0.1) is 18.4 Å². The number of fused-ring (bicyclic) bond motifs is 3. The Labute approximate surface area is 294 Å². The number of aryl methyl sites for hydroxylation is 1. The summed E-state index contributed by atoms with van der Waals surface area (Å²) in [7, 11) is -3.97. The van der Waals surface area contributed by atoms with Crippen molar-refractivity contribution in [3.05, 3.63) is 47.5 Å². The van der Waals surface area contributed by atoms with Gasteiger partial charge in [-0.1, -0.05) is 37.1 Å². The first kappa shape index (κ1) is 36.5. The van der Waals surface area contributed by atoms with Crippen molar-refractivity contribution in [3.63, 3.8) is 0 Å². The molecule has 3 N–H and O–H groups in total. The van der Waals surface area contributed by atoms with E-state index in [2.05, 4.69) is 21.9 Å². The van der Waals surface area contributed by atoms with Crippen molar-refractivity contribution in [1.29, 1.82) is 0 Å². The molecule has 278 valence electrons. The number of carbonyl (C=O) groups excluding carboxylic acids is 5. The highest BCUT2D eigenvalue weighted by molar-refractivity contribution is 7.91. The van der Waals surface area contributed by atoms with Crippen molar-refractivity contribution < 1.29 is 50.6 Å². The van der Waals surface area contributed by atoms with Crippen molar-refractivity contribution in [2.24, 2.45) is 5.92 Å². The number of sulfonamides is 1. The van der Waals surface area contributed by atoms with Gasteiger partial charge in [0.25, 0.3) is 5.91 Å². The predicted molar refractivity (Wildman–Crippen MR) is 176 cm³/mol. The minimum absolute atomic E-state index is 0.00890. The first-order valence-electron chi connectivity index (χ1n) is 17.4. The van der Waals surface area contributed by atoms with Crippen LogP contribution in [0.4, 0.5) is 18.4 Å². The predicted octanol–water partition coefficient (Wildman–Crippen LogP) is 2.64. The van der Waals surface area contributed by atoms with Crippen LogP contribution in [-0.2, 0) is 53.4 Å². The van der Waals surface area contributed by atoms with E-state index in [1.54, 1.807) is 0 Å². The first-order valence-corrected chi connectivity index (χ1v) is 18.9. The molecule has 3 fully saturated rings. The number of benzene rings is 1. The van der Waals surface area contributed by atoms with Gasteiger partial charge < -0.3 is 25.0 Å². The molecule has 0 unspecified atom stereocenters. The largest absolute Gasteiger partial charge is 0.450 e. The van der Waals surface area contributed by atoms with E-state index < -0.39 is 87.7 Å². The number of amides is 5. The van der Waals surface area contributed by atoms with E-state index in [1.165, 1.54) is 11.0 Å². The summed E-state index contributed by atoms with van der Waals surface area (Å²) in [5.74, 6) is -3.51. The lowest BCUT2D eigenvalue weighted by Crippen LogP contribution is -2.58. The highest BCUT2D eigenvalue weighted by atomic mass is 32.2. The van der Waals surface area contributed by atoms with Crippen LogP contribution in [0.3, 0.4) is 0 Å². The molecule has 6 rings (SSSR count). The van der Waals surface area contributed by atoms with E-state index in [0.717, 1.165) is 47.3 Å². The standard InChI is InChI=1S/C34H43F2N5O9S/c1-2-22-16-34(22,31(44)39-51(47,48)24-11-12-24)38-29(42)27-14-23-18-41(27)30(43)26(15-28(35)36)37-32(45)49-13-6-4-3-5-8-20-9-7-10-21-17-40(19-25(20)21)33(46)50-23/h2,7,9-10,22-24,26-28H,1,3-6,8,11-19H2,(H,37,45)(H,38,42)(H,39,44)/t22-,23-,26+,27+,34+/m1/s1. The van der Waals surface area contributed by atoms with Gasteiger partial charge in [0.1, 0.15) is 23.7 Å². The Bertz CT molecular complexity index is 1690. The topological polar surface area (TPSA) is 181 Å². The number of hydrogen-bond acceptors (Lipinski definition) is 9. The van der Waals surface area contributed by atoms with Gasteiger partial charge in [0, 0.05) is 31.8 Å². The Kier molecular flexibility index (Phi) is 10.6. The normalized spacial score (nSPS) is 28.7. The van der Waals surface area contributed by atoms with Crippen molar-refractivity contribution in [1.82, 2.24) is 25.2 Å². The van der Waals surface area contributed by atoms with Gasteiger partial charge in [0.2, 0.25) is 28.3 Å². The van der Waals surface area contributed by atoms with Gasteiger partial charge in [-0.15, -0.1) is 6.58 Å². The quantitative estimate of drug-likeness (QED) is 0.339. The Morgan fingerprint density at radius 1 is 1.10 bits per heavy atom. The van der Waals surface area contributed by atoms with E-state index in [-0.39, 0.29) is 26.0 Å². The van der Waals surface area contributed by atoms with Crippen LogP contribution < -0.4 is 15.4 Å². The molecule has 17 heteroatoms. The number of alkyl carbamates (subject to hydrolysis) is 1. The second-order valence-corrected chi connectivity index (χ2v) is 15.9. The number of alkyl halides is 2. The Morgan fingerprint density at radius 2 is 1.84 bits per heavy atom. The van der Waals surface area contributed by atoms with Crippen LogP contribution in [0, 0.1) is 5.92 Å². The SMILES string of the molecule is C=C[C@@H]1C[C@@]1(NC(=O)[C@@H]1C[C@@H]2CN1C(=O)[C@H](CC(F)F)NC(=O)OCCCCCCc1cccc3c1CN(C3)C(=O)O2)C(=O)NS(=O)(=O)C1CC1. The summed E-state index contributed by atoms with van der Waals surface area (Å²) in [6, 6.07) is 2.69. The molecule has 2 aliphatic carbocycles. The number of cyclic esters (lactones) is 1. The number of ether oxygens (including phenoxy) is 2. The van der Waals surface area contributed by atoms with E-state index in [4.69, 9.17) is 9.47 Å². The fourth-order valence-electron chi connectivity index (χ4n) is 7.19. The zero-order valence-corrected chi connectivity index (χ0v) is 28.9. The number of carbonyl (C=O) groups is 5. The molecule has 51 heavy (non-hydrogen) atoms. The lowest BCUT2D eigenvalue weighted by atomic mass is 9.98. The lowest BCUT2D eigenvalue weighted by Gasteiger charge is -2.29. The van der Waals surface area contributed by atoms with Gasteiger partial charge in [-0.25, -0.2) is 26.8 Å². The molecule has 1 saturated heterocycles. The Morgan fingerprint density at radius 3 is 2.55 bits per heavy atom. The van der Waals surface area contributed by atoms with Crippen molar-refractivity contribution >= 4 is 39.9 Å². The molecule has 4 bridgehead atoms. The smallest absolute Gasteiger partial charge is 0.410 e. The summed E-state index contributed by atoms with van der Waals surface area (Å²) < 4.78 is 65.7. The van der Waals surface area contributed by atoms with E-state index >= 15 is 0 Å². The third-order valence-electron chi connectivity index (χ3n) is 10.3. The number of halogens is 2. The minimum atomic E-state index is -3.97. The summed E-state index contributed by atoms with van der Waals surface area (Å²) in [4.78, 5) is 69.8. The number of nitrogens with one attached hydrogen (secondary N) is 3. The van der Waals surface area contributed by atoms with Gasteiger partial charge in [0.15, 0.2) is 0 Å². The maximum Gasteiger partial charge on any atom is 0.410 e. The van der Waals surface area contributed by atoms with Crippen molar-refractivity contribution in [2.45, 2.75) is 113 Å². The van der Waals surface area contributed by atoms with E-state index in [1.807, 2.05) is 18.2 Å². The molecule has 3 heterocycles. The molecule has 3 aliphatic heterocycles. The number of nitrogens with zero attached hydrogens (tertiary/aromatic N) is 2. The maximum absolute atomic E-state index is 14.0.